The Morgan fingerprint density at radius 2 is 2.00 bits per heavy atom. The molecule has 0 fully saturated rings. The van der Waals surface area contributed by atoms with E-state index >= 15 is 0 Å². The van der Waals surface area contributed by atoms with Crippen LogP contribution >= 0.6 is 27.3 Å². The summed E-state index contributed by atoms with van der Waals surface area (Å²) in [6.45, 7) is 0.315. The van der Waals surface area contributed by atoms with Crippen molar-refractivity contribution in [3.8, 4) is 5.75 Å². The van der Waals surface area contributed by atoms with Gasteiger partial charge in [-0.2, -0.15) is 0 Å². The van der Waals surface area contributed by atoms with Crippen LogP contribution in [0.4, 0.5) is 9.18 Å². The van der Waals surface area contributed by atoms with Gasteiger partial charge in [-0.1, -0.05) is 34.1 Å². The third kappa shape index (κ3) is 5.08. The molecule has 1 aromatic heterocycles. The van der Waals surface area contributed by atoms with E-state index in [2.05, 4.69) is 26.6 Å². The van der Waals surface area contributed by atoms with Crippen LogP contribution in [0.25, 0.3) is 0 Å². The lowest BCUT2D eigenvalue weighted by atomic mass is 10.1. The van der Waals surface area contributed by atoms with Gasteiger partial charge in [-0.3, -0.25) is 0 Å². The Hall–Kier alpha value is -2.38. The SMILES string of the molecule is COc1ccc(Br)cc1CNC(=O)NC(c1ccc(F)cc1)c1cccs1. The fraction of sp³-hybridized carbons (Fsp3) is 0.150. The van der Waals surface area contributed by atoms with Crippen molar-refractivity contribution < 1.29 is 13.9 Å². The molecule has 1 unspecified atom stereocenters. The average Bonchev–Trinajstić information content (AvgIpc) is 3.20. The van der Waals surface area contributed by atoms with Gasteiger partial charge in [0.15, 0.2) is 0 Å². The van der Waals surface area contributed by atoms with E-state index in [4.69, 9.17) is 4.74 Å². The van der Waals surface area contributed by atoms with Gasteiger partial charge < -0.3 is 15.4 Å². The molecule has 0 aliphatic heterocycles. The van der Waals surface area contributed by atoms with Gasteiger partial charge >= 0.3 is 6.03 Å². The van der Waals surface area contributed by atoms with Gasteiger partial charge in [0.25, 0.3) is 0 Å². The monoisotopic (exact) mass is 448 g/mol. The topological polar surface area (TPSA) is 50.4 Å². The number of carbonyl (C=O) groups excluding carboxylic acids is 1. The van der Waals surface area contributed by atoms with Crippen LogP contribution in [0, 0.1) is 5.82 Å². The second kappa shape index (κ2) is 9.01. The van der Waals surface area contributed by atoms with Crippen LogP contribution in [0.15, 0.2) is 64.5 Å². The summed E-state index contributed by atoms with van der Waals surface area (Å²) in [4.78, 5) is 13.5. The molecule has 2 amide bonds. The van der Waals surface area contributed by atoms with Crippen LogP contribution in [0.5, 0.6) is 5.75 Å². The van der Waals surface area contributed by atoms with Gasteiger partial charge in [0.2, 0.25) is 0 Å². The first-order valence-corrected chi connectivity index (χ1v) is 9.89. The smallest absolute Gasteiger partial charge is 0.315 e. The van der Waals surface area contributed by atoms with E-state index < -0.39 is 0 Å². The molecule has 1 heterocycles. The highest BCUT2D eigenvalue weighted by atomic mass is 79.9. The molecule has 3 aromatic rings. The minimum Gasteiger partial charge on any atom is -0.496 e. The third-order valence-corrected chi connectivity index (χ3v) is 5.42. The molecule has 0 bridgehead atoms. The van der Waals surface area contributed by atoms with Crippen molar-refractivity contribution in [2.45, 2.75) is 12.6 Å². The second-order valence-electron chi connectivity index (χ2n) is 5.78. The van der Waals surface area contributed by atoms with E-state index in [-0.39, 0.29) is 17.9 Å². The Balaban J connectivity index is 1.72. The number of carbonyl (C=O) groups is 1. The lowest BCUT2D eigenvalue weighted by molar-refractivity contribution is 0.238. The summed E-state index contributed by atoms with van der Waals surface area (Å²) in [7, 11) is 1.59. The Bertz CT molecular complexity index is 901. The summed E-state index contributed by atoms with van der Waals surface area (Å²) in [6, 6.07) is 14.9. The fourth-order valence-corrected chi connectivity index (χ4v) is 3.88. The summed E-state index contributed by atoms with van der Waals surface area (Å²) in [5, 5.41) is 7.76. The van der Waals surface area contributed by atoms with Crippen LogP contribution in [-0.4, -0.2) is 13.1 Å². The van der Waals surface area contributed by atoms with Crippen molar-refractivity contribution in [2.75, 3.05) is 7.11 Å². The minimum absolute atomic E-state index is 0.310. The normalized spacial score (nSPS) is 11.7. The van der Waals surface area contributed by atoms with Gasteiger partial charge in [0, 0.05) is 21.5 Å². The number of urea groups is 1. The molecule has 140 valence electrons. The quantitative estimate of drug-likeness (QED) is 0.541. The molecule has 0 radical (unpaired) electrons. The predicted octanol–water partition coefficient (Wildman–Crippen LogP) is 5.25. The Labute approximate surface area is 169 Å². The molecule has 1 atom stereocenters. The van der Waals surface area contributed by atoms with Crippen LogP contribution < -0.4 is 15.4 Å². The van der Waals surface area contributed by atoms with Gasteiger partial charge in [-0.15, -0.1) is 11.3 Å². The summed E-state index contributed by atoms with van der Waals surface area (Å²) < 4.78 is 19.5. The first-order valence-electron chi connectivity index (χ1n) is 8.22. The highest BCUT2D eigenvalue weighted by Gasteiger charge is 2.18. The lowest BCUT2D eigenvalue weighted by Crippen LogP contribution is -2.37. The van der Waals surface area contributed by atoms with E-state index in [0.717, 1.165) is 20.5 Å². The minimum atomic E-state index is -0.352. The molecule has 0 aliphatic carbocycles. The van der Waals surface area contributed by atoms with Gasteiger partial charge in [-0.25, -0.2) is 9.18 Å². The van der Waals surface area contributed by atoms with Crippen molar-refractivity contribution in [3.05, 3.63) is 86.3 Å². The number of methoxy groups -OCH3 is 1. The molecule has 4 nitrogen and oxygen atoms in total. The van der Waals surface area contributed by atoms with Gasteiger partial charge in [-0.05, 0) is 47.3 Å². The number of halogens is 2. The van der Waals surface area contributed by atoms with Crippen molar-refractivity contribution in [2.24, 2.45) is 0 Å². The molecule has 2 N–H and O–H groups in total. The number of rotatable bonds is 6. The van der Waals surface area contributed by atoms with E-state index in [1.54, 1.807) is 19.2 Å². The van der Waals surface area contributed by atoms with Gasteiger partial charge in [0.1, 0.15) is 11.6 Å². The second-order valence-corrected chi connectivity index (χ2v) is 7.68. The predicted molar refractivity (Wildman–Crippen MR) is 109 cm³/mol. The molecule has 0 saturated heterocycles. The van der Waals surface area contributed by atoms with Crippen molar-refractivity contribution in [1.29, 1.82) is 0 Å². The summed E-state index contributed by atoms with van der Waals surface area (Å²) >= 11 is 4.95. The lowest BCUT2D eigenvalue weighted by Gasteiger charge is -2.19. The number of hydrogen-bond donors (Lipinski definition) is 2. The Morgan fingerprint density at radius 1 is 1.22 bits per heavy atom. The molecule has 7 heteroatoms. The zero-order valence-electron chi connectivity index (χ0n) is 14.5. The number of amides is 2. The first-order chi connectivity index (χ1) is 13.1. The molecule has 0 spiro atoms. The van der Waals surface area contributed by atoms with Crippen LogP contribution in [0.3, 0.4) is 0 Å². The number of thiophene rings is 1. The van der Waals surface area contributed by atoms with Crippen LogP contribution in [-0.2, 0) is 6.54 Å². The number of nitrogens with one attached hydrogen (secondary N) is 2. The summed E-state index contributed by atoms with van der Waals surface area (Å²) in [5.74, 6) is 0.390. The highest BCUT2D eigenvalue weighted by molar-refractivity contribution is 9.10. The fourth-order valence-electron chi connectivity index (χ4n) is 2.67. The molecule has 27 heavy (non-hydrogen) atoms. The molecular formula is C20H18BrFN2O2S. The maximum Gasteiger partial charge on any atom is 0.315 e. The van der Waals surface area contributed by atoms with Crippen molar-refractivity contribution in [1.82, 2.24) is 10.6 Å². The zero-order valence-corrected chi connectivity index (χ0v) is 16.9. The standard InChI is InChI=1S/C20H18BrFN2O2S/c1-26-17-9-6-15(21)11-14(17)12-23-20(25)24-19(18-3-2-10-27-18)13-4-7-16(22)8-5-13/h2-11,19H,12H2,1H3,(H2,23,24,25). The largest absolute Gasteiger partial charge is 0.496 e. The van der Waals surface area contributed by atoms with E-state index in [9.17, 15) is 9.18 Å². The van der Waals surface area contributed by atoms with Crippen LogP contribution in [0.1, 0.15) is 22.0 Å². The van der Waals surface area contributed by atoms with E-state index in [1.165, 1.54) is 23.5 Å². The summed E-state index contributed by atoms with van der Waals surface area (Å²) in [5.41, 5.74) is 1.67. The number of benzene rings is 2. The van der Waals surface area contributed by atoms with E-state index in [1.807, 2.05) is 35.7 Å². The Morgan fingerprint density at radius 3 is 2.67 bits per heavy atom. The number of hydrogen-bond acceptors (Lipinski definition) is 3. The molecule has 2 aromatic carbocycles. The van der Waals surface area contributed by atoms with Gasteiger partial charge in [0.05, 0.1) is 13.2 Å². The molecule has 0 saturated carbocycles. The van der Waals surface area contributed by atoms with Crippen molar-refractivity contribution >= 4 is 33.3 Å². The molecular weight excluding hydrogens is 431 g/mol. The van der Waals surface area contributed by atoms with Crippen LogP contribution in [0.2, 0.25) is 0 Å². The maximum absolute atomic E-state index is 13.3. The van der Waals surface area contributed by atoms with E-state index in [0.29, 0.717) is 12.3 Å². The number of ether oxygens (including phenoxy) is 1. The molecule has 0 aliphatic rings. The zero-order chi connectivity index (χ0) is 19.2. The third-order valence-electron chi connectivity index (χ3n) is 3.99. The average molecular weight is 449 g/mol. The highest BCUT2D eigenvalue weighted by Crippen LogP contribution is 2.26. The first kappa shape index (κ1) is 19.4. The Kier molecular flexibility index (Phi) is 6.47. The van der Waals surface area contributed by atoms with Crippen molar-refractivity contribution in [3.63, 3.8) is 0 Å². The summed E-state index contributed by atoms with van der Waals surface area (Å²) in [6.07, 6.45) is 0. The molecule has 3 rings (SSSR count). The maximum atomic E-state index is 13.3.